The Morgan fingerprint density at radius 3 is 2.67 bits per heavy atom. The van der Waals surface area contributed by atoms with Gasteiger partial charge in [-0.15, -0.1) is 0 Å². The molecule has 0 unspecified atom stereocenters. The van der Waals surface area contributed by atoms with Gasteiger partial charge in [0.1, 0.15) is 0 Å². The molecule has 0 saturated carbocycles. The van der Waals surface area contributed by atoms with Crippen LogP contribution >= 0.6 is 35.6 Å². The average molecular weight is 456 g/mol. The molecule has 1 aliphatic rings. The van der Waals surface area contributed by atoms with Crippen LogP contribution in [0.5, 0.6) is 0 Å². The van der Waals surface area contributed by atoms with Gasteiger partial charge in [-0.05, 0) is 55.0 Å². The topological polar surface area (TPSA) is 54.3 Å². The average Bonchev–Trinajstić information content (AvgIpc) is 3.21. The lowest BCUT2D eigenvalue weighted by Crippen LogP contribution is -2.44. The Hall–Kier alpha value is -2.61. The minimum atomic E-state index is -0.427. The molecule has 1 saturated heterocycles. The fourth-order valence-corrected chi connectivity index (χ4v) is 4.59. The van der Waals surface area contributed by atoms with E-state index in [1.54, 1.807) is 24.3 Å². The van der Waals surface area contributed by atoms with Crippen LogP contribution in [0.1, 0.15) is 29.3 Å². The molecule has 0 radical (unpaired) electrons. The number of amides is 2. The van der Waals surface area contributed by atoms with Gasteiger partial charge in [-0.3, -0.25) is 15.0 Å². The number of aromatic nitrogens is 1. The zero-order chi connectivity index (χ0) is 21.3. The number of nitrogens with one attached hydrogen (secondary N) is 1. The molecular weight excluding hydrogens is 438 g/mol. The highest BCUT2D eigenvalue weighted by molar-refractivity contribution is 8.26. The van der Waals surface area contributed by atoms with Crippen molar-refractivity contribution in [2.75, 3.05) is 0 Å². The van der Waals surface area contributed by atoms with Crippen LogP contribution in [0, 0.1) is 0 Å². The Labute approximate surface area is 188 Å². The number of para-hydroxylation sites is 1. The normalized spacial score (nSPS) is 15.4. The third-order valence-corrected chi connectivity index (χ3v) is 6.24. The molecule has 3 aromatic rings. The van der Waals surface area contributed by atoms with Crippen molar-refractivity contribution in [3.8, 4) is 0 Å². The maximum atomic E-state index is 12.9. The standard InChI is InChI=1S/C22H18ClN3O2S2/c1-2-11-25-13-15(17-5-3-4-6-18(17)25)12-19-21(28)26(22(29)30-19)24-20(27)14-7-9-16(23)10-8-14/h3-10,12-13H,2,11H2,1H3,(H,24,27)/b19-12-. The second-order valence-electron chi connectivity index (χ2n) is 6.76. The number of carbonyl (C=O) groups is 2. The van der Waals surface area contributed by atoms with Gasteiger partial charge in [-0.25, -0.2) is 0 Å². The summed E-state index contributed by atoms with van der Waals surface area (Å²) < 4.78 is 2.47. The molecule has 0 atom stereocenters. The Morgan fingerprint density at radius 2 is 1.93 bits per heavy atom. The van der Waals surface area contributed by atoms with E-state index >= 15 is 0 Å². The van der Waals surface area contributed by atoms with E-state index in [0.29, 0.717) is 15.5 Å². The maximum absolute atomic E-state index is 12.9. The molecule has 1 aromatic heterocycles. The number of hydrazine groups is 1. The Bertz CT molecular complexity index is 1180. The van der Waals surface area contributed by atoms with Gasteiger partial charge in [0.25, 0.3) is 11.8 Å². The quantitative estimate of drug-likeness (QED) is 0.421. The molecule has 152 valence electrons. The highest BCUT2D eigenvalue weighted by Crippen LogP contribution is 2.33. The summed E-state index contributed by atoms with van der Waals surface area (Å²) in [5.74, 6) is -0.775. The molecule has 2 aromatic carbocycles. The molecule has 1 N–H and O–H groups in total. The summed E-state index contributed by atoms with van der Waals surface area (Å²) in [5.41, 5.74) is 5.05. The molecule has 0 spiro atoms. The minimum Gasteiger partial charge on any atom is -0.347 e. The Kier molecular flexibility index (Phi) is 5.94. The van der Waals surface area contributed by atoms with Crippen molar-refractivity contribution in [3.63, 3.8) is 0 Å². The molecule has 1 fully saturated rings. The monoisotopic (exact) mass is 455 g/mol. The van der Waals surface area contributed by atoms with Gasteiger partial charge >= 0.3 is 0 Å². The van der Waals surface area contributed by atoms with Crippen molar-refractivity contribution in [2.24, 2.45) is 0 Å². The van der Waals surface area contributed by atoms with E-state index in [1.807, 2.05) is 30.5 Å². The largest absolute Gasteiger partial charge is 0.347 e. The summed E-state index contributed by atoms with van der Waals surface area (Å²) in [7, 11) is 0. The number of nitrogens with zero attached hydrogens (tertiary/aromatic N) is 2. The third-order valence-electron chi connectivity index (χ3n) is 4.68. The van der Waals surface area contributed by atoms with Crippen molar-refractivity contribution < 1.29 is 9.59 Å². The molecule has 8 heteroatoms. The zero-order valence-corrected chi connectivity index (χ0v) is 18.5. The van der Waals surface area contributed by atoms with Crippen molar-refractivity contribution in [1.29, 1.82) is 0 Å². The molecular formula is C22H18ClN3O2S2. The molecule has 4 rings (SSSR count). The molecule has 30 heavy (non-hydrogen) atoms. The van der Waals surface area contributed by atoms with E-state index in [0.717, 1.165) is 34.4 Å². The van der Waals surface area contributed by atoms with E-state index < -0.39 is 5.91 Å². The van der Waals surface area contributed by atoms with Crippen molar-refractivity contribution in [1.82, 2.24) is 15.0 Å². The first-order valence-electron chi connectivity index (χ1n) is 9.40. The van der Waals surface area contributed by atoms with E-state index in [4.69, 9.17) is 23.8 Å². The molecule has 0 aliphatic carbocycles. The van der Waals surface area contributed by atoms with Gasteiger partial charge in [0.15, 0.2) is 4.32 Å². The molecule has 5 nitrogen and oxygen atoms in total. The molecule has 2 amide bonds. The summed E-state index contributed by atoms with van der Waals surface area (Å²) in [5, 5.41) is 2.72. The first-order chi connectivity index (χ1) is 14.5. The van der Waals surface area contributed by atoms with Gasteiger partial charge in [-0.1, -0.05) is 48.5 Å². The lowest BCUT2D eigenvalue weighted by Gasteiger charge is -2.15. The number of rotatable bonds is 5. The lowest BCUT2D eigenvalue weighted by molar-refractivity contribution is -0.123. The Balaban J connectivity index is 1.60. The lowest BCUT2D eigenvalue weighted by atomic mass is 10.1. The van der Waals surface area contributed by atoms with Crippen LogP contribution in [0.2, 0.25) is 5.02 Å². The number of aryl methyl sites for hydroxylation is 1. The van der Waals surface area contributed by atoms with Crippen LogP contribution in [0.3, 0.4) is 0 Å². The first-order valence-corrected chi connectivity index (χ1v) is 11.0. The number of hydrogen-bond donors (Lipinski definition) is 1. The van der Waals surface area contributed by atoms with Crippen LogP contribution in [0.4, 0.5) is 0 Å². The number of thiocarbonyl (C=S) groups is 1. The summed E-state index contributed by atoms with van der Waals surface area (Å²) in [6.45, 7) is 3.02. The van der Waals surface area contributed by atoms with Crippen LogP contribution in [0.15, 0.2) is 59.6 Å². The van der Waals surface area contributed by atoms with E-state index in [1.165, 1.54) is 11.8 Å². The van der Waals surface area contributed by atoms with E-state index in [9.17, 15) is 9.59 Å². The van der Waals surface area contributed by atoms with Crippen molar-refractivity contribution >= 4 is 68.7 Å². The zero-order valence-electron chi connectivity index (χ0n) is 16.1. The highest BCUT2D eigenvalue weighted by atomic mass is 35.5. The molecule has 1 aliphatic heterocycles. The predicted octanol–water partition coefficient (Wildman–Crippen LogP) is 5.25. The highest BCUT2D eigenvalue weighted by Gasteiger charge is 2.34. The van der Waals surface area contributed by atoms with E-state index in [2.05, 4.69) is 23.0 Å². The summed E-state index contributed by atoms with van der Waals surface area (Å²) in [4.78, 5) is 25.9. The Morgan fingerprint density at radius 1 is 1.20 bits per heavy atom. The van der Waals surface area contributed by atoms with Crippen LogP contribution in [-0.4, -0.2) is 25.7 Å². The molecule has 2 heterocycles. The van der Waals surface area contributed by atoms with Crippen LogP contribution in [-0.2, 0) is 11.3 Å². The number of thioether (sulfide) groups is 1. The fraction of sp³-hybridized carbons (Fsp3) is 0.136. The van der Waals surface area contributed by atoms with Crippen LogP contribution < -0.4 is 5.43 Å². The SMILES string of the molecule is CCCn1cc(/C=C2\SC(=S)N(NC(=O)c3ccc(Cl)cc3)C2=O)c2ccccc21. The van der Waals surface area contributed by atoms with Gasteiger partial charge in [0, 0.05) is 39.8 Å². The van der Waals surface area contributed by atoms with Gasteiger partial charge < -0.3 is 4.57 Å². The number of fused-ring (bicyclic) bond motifs is 1. The van der Waals surface area contributed by atoms with E-state index in [-0.39, 0.29) is 10.2 Å². The first kappa shape index (κ1) is 20.7. The van der Waals surface area contributed by atoms with Crippen molar-refractivity contribution in [3.05, 3.63) is 75.8 Å². The summed E-state index contributed by atoms with van der Waals surface area (Å²) >= 11 is 12.4. The second kappa shape index (κ2) is 8.63. The van der Waals surface area contributed by atoms with Gasteiger partial charge in [0.2, 0.25) is 0 Å². The minimum absolute atomic E-state index is 0.283. The molecule has 0 bridgehead atoms. The third kappa shape index (κ3) is 4.01. The second-order valence-corrected chi connectivity index (χ2v) is 8.87. The smallest absolute Gasteiger partial charge is 0.285 e. The maximum Gasteiger partial charge on any atom is 0.285 e. The predicted molar refractivity (Wildman–Crippen MR) is 126 cm³/mol. The number of hydrogen-bond acceptors (Lipinski definition) is 4. The summed E-state index contributed by atoms with van der Waals surface area (Å²) in [6.07, 6.45) is 4.90. The fourth-order valence-electron chi connectivity index (χ4n) is 3.29. The number of halogens is 1. The number of benzene rings is 2. The summed E-state index contributed by atoms with van der Waals surface area (Å²) in [6, 6.07) is 14.5. The van der Waals surface area contributed by atoms with Gasteiger partial charge in [0.05, 0.1) is 4.91 Å². The van der Waals surface area contributed by atoms with Crippen LogP contribution in [0.25, 0.3) is 17.0 Å². The van der Waals surface area contributed by atoms with Gasteiger partial charge in [-0.2, -0.15) is 5.01 Å². The van der Waals surface area contributed by atoms with Crippen molar-refractivity contribution in [2.45, 2.75) is 19.9 Å². The number of carbonyl (C=O) groups excluding carboxylic acids is 2.